The summed E-state index contributed by atoms with van der Waals surface area (Å²) >= 11 is 5.65. The highest BCUT2D eigenvalue weighted by Gasteiger charge is 2.37. The number of nitrogens with two attached hydrogens (primary N) is 1. The van der Waals surface area contributed by atoms with Gasteiger partial charge in [-0.2, -0.15) is 0 Å². The van der Waals surface area contributed by atoms with E-state index in [0.29, 0.717) is 0 Å². The summed E-state index contributed by atoms with van der Waals surface area (Å²) in [6.45, 7) is 3.22. The van der Waals surface area contributed by atoms with Crippen LogP contribution in [0.4, 0.5) is 4.39 Å². The molecule has 0 heterocycles. The summed E-state index contributed by atoms with van der Waals surface area (Å²) < 4.78 is 18.3. The number of halogens is 3. The first-order valence-electron chi connectivity index (χ1n) is 5.09. The monoisotopic (exact) mass is 295 g/mol. The molecule has 1 rings (SSSR count). The second-order valence-corrected chi connectivity index (χ2v) is 4.79. The summed E-state index contributed by atoms with van der Waals surface area (Å²) in [5.41, 5.74) is 5.15. The molecule has 0 saturated carbocycles. The van der Waals surface area contributed by atoms with Crippen LogP contribution in [0.2, 0.25) is 5.02 Å². The van der Waals surface area contributed by atoms with Crippen molar-refractivity contribution in [3.8, 4) is 0 Å². The number of ether oxygens (including phenoxy) is 1. The second-order valence-electron chi connectivity index (χ2n) is 4.36. The molecule has 102 valence electrons. The van der Waals surface area contributed by atoms with E-state index in [1.165, 1.54) is 25.3 Å². The van der Waals surface area contributed by atoms with Crippen molar-refractivity contribution in [1.82, 2.24) is 0 Å². The lowest BCUT2D eigenvalue weighted by molar-refractivity contribution is -0.152. The van der Waals surface area contributed by atoms with Gasteiger partial charge < -0.3 is 10.5 Å². The Kier molecular flexibility index (Phi) is 6.07. The summed E-state index contributed by atoms with van der Waals surface area (Å²) in [5.74, 6) is -1.01. The van der Waals surface area contributed by atoms with Gasteiger partial charge in [-0.15, -0.1) is 12.4 Å². The SMILES string of the molecule is COC(=O)C(C)(C)[C@@H](N)c1ccc(Cl)cc1F.Cl. The van der Waals surface area contributed by atoms with E-state index in [1.54, 1.807) is 13.8 Å². The summed E-state index contributed by atoms with van der Waals surface area (Å²) in [6, 6.07) is 3.39. The van der Waals surface area contributed by atoms with Crippen LogP contribution in [0.25, 0.3) is 0 Å². The van der Waals surface area contributed by atoms with Crippen LogP contribution in [-0.2, 0) is 9.53 Å². The first kappa shape index (κ1) is 17.2. The van der Waals surface area contributed by atoms with Gasteiger partial charge in [0.2, 0.25) is 0 Å². The molecule has 0 aromatic heterocycles. The highest BCUT2D eigenvalue weighted by Crippen LogP contribution is 2.34. The standard InChI is InChI=1S/C12H15ClFNO2.ClH/c1-12(2,11(16)17-3)10(15)8-5-4-7(13)6-9(8)14;/h4-6,10H,15H2,1-3H3;1H/t10-;/m0./s1. The first-order chi connectivity index (χ1) is 7.80. The first-order valence-corrected chi connectivity index (χ1v) is 5.47. The smallest absolute Gasteiger partial charge is 0.313 e. The van der Waals surface area contributed by atoms with Gasteiger partial charge in [-0.1, -0.05) is 17.7 Å². The molecule has 0 fully saturated rings. The summed E-state index contributed by atoms with van der Waals surface area (Å²) in [5, 5.41) is 0.286. The van der Waals surface area contributed by atoms with Crippen LogP contribution in [0.1, 0.15) is 25.5 Å². The molecule has 0 bridgehead atoms. The van der Waals surface area contributed by atoms with Crippen molar-refractivity contribution in [3.05, 3.63) is 34.6 Å². The summed E-state index contributed by atoms with van der Waals surface area (Å²) in [6.07, 6.45) is 0. The number of benzene rings is 1. The second kappa shape index (κ2) is 6.36. The van der Waals surface area contributed by atoms with Crippen molar-refractivity contribution in [2.45, 2.75) is 19.9 Å². The Labute approximate surface area is 117 Å². The zero-order chi connectivity index (χ0) is 13.2. The van der Waals surface area contributed by atoms with Crippen molar-refractivity contribution < 1.29 is 13.9 Å². The molecule has 3 nitrogen and oxygen atoms in total. The summed E-state index contributed by atoms with van der Waals surface area (Å²) in [4.78, 5) is 11.6. The number of hydrogen-bond acceptors (Lipinski definition) is 3. The van der Waals surface area contributed by atoms with Crippen LogP contribution in [0.5, 0.6) is 0 Å². The van der Waals surface area contributed by atoms with Gasteiger partial charge in [0.25, 0.3) is 0 Å². The van der Waals surface area contributed by atoms with Gasteiger partial charge in [-0.3, -0.25) is 4.79 Å². The van der Waals surface area contributed by atoms with Crippen LogP contribution >= 0.6 is 24.0 Å². The zero-order valence-electron chi connectivity index (χ0n) is 10.4. The van der Waals surface area contributed by atoms with Crippen molar-refractivity contribution in [3.63, 3.8) is 0 Å². The quantitative estimate of drug-likeness (QED) is 0.872. The van der Waals surface area contributed by atoms with Gasteiger partial charge in [0.1, 0.15) is 5.82 Å². The van der Waals surface area contributed by atoms with E-state index >= 15 is 0 Å². The highest BCUT2D eigenvalue weighted by molar-refractivity contribution is 6.30. The van der Waals surface area contributed by atoms with Crippen LogP contribution in [-0.4, -0.2) is 13.1 Å². The average molecular weight is 296 g/mol. The minimum absolute atomic E-state index is 0. The Morgan fingerprint density at radius 1 is 1.50 bits per heavy atom. The van der Waals surface area contributed by atoms with E-state index in [9.17, 15) is 9.18 Å². The third kappa shape index (κ3) is 3.34. The number of rotatable bonds is 3. The van der Waals surface area contributed by atoms with Crippen molar-refractivity contribution >= 4 is 30.0 Å². The minimum Gasteiger partial charge on any atom is -0.469 e. The Morgan fingerprint density at radius 2 is 2.06 bits per heavy atom. The van der Waals surface area contributed by atoms with Gasteiger partial charge >= 0.3 is 5.97 Å². The molecule has 0 saturated heterocycles. The van der Waals surface area contributed by atoms with Crippen LogP contribution in [0, 0.1) is 11.2 Å². The third-order valence-corrected chi connectivity index (χ3v) is 3.02. The number of methoxy groups -OCH3 is 1. The van der Waals surface area contributed by atoms with E-state index in [0.717, 1.165) is 0 Å². The number of carbonyl (C=O) groups is 1. The van der Waals surface area contributed by atoms with Crippen LogP contribution in [0.3, 0.4) is 0 Å². The lowest BCUT2D eigenvalue weighted by Gasteiger charge is -2.29. The number of hydrogen-bond donors (Lipinski definition) is 1. The molecule has 1 aromatic carbocycles. The molecule has 0 amide bonds. The maximum absolute atomic E-state index is 13.7. The van der Waals surface area contributed by atoms with Gasteiger partial charge in [0.15, 0.2) is 0 Å². The largest absolute Gasteiger partial charge is 0.469 e. The molecule has 1 atom stereocenters. The van der Waals surface area contributed by atoms with Gasteiger partial charge in [0.05, 0.1) is 12.5 Å². The van der Waals surface area contributed by atoms with E-state index in [-0.39, 0.29) is 23.0 Å². The number of esters is 1. The van der Waals surface area contributed by atoms with Crippen LogP contribution < -0.4 is 5.73 Å². The normalized spacial score (nSPS) is 12.6. The minimum atomic E-state index is -1.01. The van der Waals surface area contributed by atoms with E-state index < -0.39 is 23.2 Å². The maximum Gasteiger partial charge on any atom is 0.313 e. The fourth-order valence-corrected chi connectivity index (χ4v) is 1.69. The molecular weight excluding hydrogens is 280 g/mol. The highest BCUT2D eigenvalue weighted by atomic mass is 35.5. The third-order valence-electron chi connectivity index (χ3n) is 2.79. The topological polar surface area (TPSA) is 52.3 Å². The molecule has 18 heavy (non-hydrogen) atoms. The molecule has 0 spiro atoms. The van der Waals surface area contributed by atoms with Crippen molar-refractivity contribution in [2.75, 3.05) is 7.11 Å². The lowest BCUT2D eigenvalue weighted by Crippen LogP contribution is -2.37. The molecule has 2 N–H and O–H groups in total. The Balaban J connectivity index is 0.00000289. The van der Waals surface area contributed by atoms with Gasteiger partial charge in [0, 0.05) is 16.6 Å². The Bertz CT molecular complexity index is 438. The Hall–Kier alpha value is -0.840. The van der Waals surface area contributed by atoms with Crippen LogP contribution in [0.15, 0.2) is 18.2 Å². The van der Waals surface area contributed by atoms with Gasteiger partial charge in [-0.05, 0) is 26.0 Å². The fraction of sp³-hybridized carbons (Fsp3) is 0.417. The molecule has 0 aliphatic rings. The molecule has 0 unspecified atom stereocenters. The lowest BCUT2D eigenvalue weighted by atomic mass is 9.81. The summed E-state index contributed by atoms with van der Waals surface area (Å²) in [7, 11) is 1.27. The molecule has 0 aliphatic heterocycles. The van der Waals surface area contributed by atoms with E-state index in [4.69, 9.17) is 17.3 Å². The number of carbonyl (C=O) groups excluding carboxylic acids is 1. The predicted octanol–water partition coefficient (Wildman–Crippen LogP) is 3.10. The zero-order valence-corrected chi connectivity index (χ0v) is 11.9. The fourth-order valence-electron chi connectivity index (χ4n) is 1.53. The molecule has 6 heteroatoms. The predicted molar refractivity (Wildman–Crippen MR) is 71.4 cm³/mol. The van der Waals surface area contributed by atoms with Crippen molar-refractivity contribution in [1.29, 1.82) is 0 Å². The van der Waals surface area contributed by atoms with Crippen molar-refractivity contribution in [2.24, 2.45) is 11.1 Å². The van der Waals surface area contributed by atoms with E-state index in [1.807, 2.05) is 0 Å². The Morgan fingerprint density at radius 3 is 2.50 bits per heavy atom. The van der Waals surface area contributed by atoms with E-state index in [2.05, 4.69) is 4.74 Å². The van der Waals surface area contributed by atoms with Gasteiger partial charge in [-0.25, -0.2) is 4.39 Å². The molecular formula is C12H16Cl2FNO2. The molecule has 0 aliphatic carbocycles. The molecule has 0 radical (unpaired) electrons. The maximum atomic E-state index is 13.7. The molecule has 1 aromatic rings. The average Bonchev–Trinajstić information content (AvgIpc) is 2.27.